The van der Waals surface area contributed by atoms with Crippen molar-refractivity contribution in [1.29, 1.82) is 0 Å². The van der Waals surface area contributed by atoms with E-state index in [1.165, 1.54) is 7.11 Å². The lowest BCUT2D eigenvalue weighted by atomic mass is 10.1. The van der Waals surface area contributed by atoms with Crippen LogP contribution in [0.3, 0.4) is 0 Å². The van der Waals surface area contributed by atoms with Gasteiger partial charge in [-0.1, -0.05) is 5.16 Å². The predicted molar refractivity (Wildman–Crippen MR) is 123 cm³/mol. The number of aromatic nitrogens is 3. The fourth-order valence-electron chi connectivity index (χ4n) is 3.60. The Kier molecular flexibility index (Phi) is 4.93. The number of carbonyl (C=O) groups is 1. The molecule has 9 heteroatoms. The molecule has 2 N–H and O–H groups in total. The number of oxime groups is 1. The van der Waals surface area contributed by atoms with Gasteiger partial charge >= 0.3 is 0 Å². The minimum Gasteiger partial charge on any atom is -0.436 e. The monoisotopic (exact) mass is 430 g/mol. The quantitative estimate of drug-likeness (QED) is 0.348. The maximum absolute atomic E-state index is 12.2. The van der Waals surface area contributed by atoms with Crippen molar-refractivity contribution in [2.75, 3.05) is 24.8 Å². The number of hydrogen-bond acceptors (Lipinski definition) is 8. The van der Waals surface area contributed by atoms with Gasteiger partial charge in [-0.25, -0.2) is 15.0 Å². The van der Waals surface area contributed by atoms with Crippen molar-refractivity contribution in [3.8, 4) is 11.5 Å². The van der Waals surface area contributed by atoms with Crippen LogP contribution in [0.2, 0.25) is 0 Å². The molecule has 162 valence electrons. The highest BCUT2D eigenvalue weighted by Crippen LogP contribution is 2.35. The van der Waals surface area contributed by atoms with Gasteiger partial charge in [-0.3, -0.25) is 4.79 Å². The zero-order valence-corrected chi connectivity index (χ0v) is 18.0. The van der Waals surface area contributed by atoms with Gasteiger partial charge in [0, 0.05) is 41.7 Å². The van der Waals surface area contributed by atoms with Gasteiger partial charge in [-0.05, 0) is 44.0 Å². The molecule has 5 rings (SSSR count). The summed E-state index contributed by atoms with van der Waals surface area (Å²) in [7, 11) is 3.31. The van der Waals surface area contributed by atoms with Crippen LogP contribution in [-0.4, -0.2) is 40.7 Å². The number of anilines is 2. The molecular formula is C23H22N6O3. The summed E-state index contributed by atoms with van der Waals surface area (Å²) in [5, 5.41) is 11.6. The first-order valence-electron chi connectivity index (χ1n) is 10.3. The molecule has 4 aromatic rings. The third-order valence-electron chi connectivity index (χ3n) is 5.47. The van der Waals surface area contributed by atoms with Crippen molar-refractivity contribution in [2.24, 2.45) is 11.1 Å². The third-order valence-corrected chi connectivity index (χ3v) is 5.47. The Morgan fingerprint density at radius 2 is 2.03 bits per heavy atom. The molecule has 3 heterocycles. The summed E-state index contributed by atoms with van der Waals surface area (Å²) in [6, 6.07) is 7.51. The van der Waals surface area contributed by atoms with Crippen molar-refractivity contribution < 1.29 is 14.0 Å². The van der Waals surface area contributed by atoms with Gasteiger partial charge in [0.25, 0.3) is 0 Å². The summed E-state index contributed by atoms with van der Waals surface area (Å²) < 4.78 is 6.05. The SMILES string of the molecule is CNc1ncc(-c2nc3cc(C(C)=NOC)ccc3o2)c2cc(NC(=O)C3CC3)ncc12. The molecule has 3 aromatic heterocycles. The van der Waals surface area contributed by atoms with Crippen LogP contribution in [0, 0.1) is 5.92 Å². The summed E-state index contributed by atoms with van der Waals surface area (Å²) in [5.74, 6) is 1.71. The first-order valence-corrected chi connectivity index (χ1v) is 10.3. The average Bonchev–Trinajstić information content (AvgIpc) is 3.57. The number of benzene rings is 1. The number of nitrogens with one attached hydrogen (secondary N) is 2. The van der Waals surface area contributed by atoms with Crippen LogP contribution >= 0.6 is 0 Å². The van der Waals surface area contributed by atoms with E-state index < -0.39 is 0 Å². The number of rotatable bonds is 6. The zero-order chi connectivity index (χ0) is 22.2. The molecule has 1 aliphatic carbocycles. The third kappa shape index (κ3) is 3.62. The Bertz CT molecular complexity index is 1370. The van der Waals surface area contributed by atoms with Crippen LogP contribution < -0.4 is 10.6 Å². The van der Waals surface area contributed by atoms with Crippen molar-refractivity contribution in [1.82, 2.24) is 15.0 Å². The van der Waals surface area contributed by atoms with E-state index >= 15 is 0 Å². The topological polar surface area (TPSA) is 115 Å². The van der Waals surface area contributed by atoms with Gasteiger partial charge in [0.1, 0.15) is 24.3 Å². The summed E-state index contributed by atoms with van der Waals surface area (Å²) in [6.45, 7) is 1.87. The van der Waals surface area contributed by atoms with Gasteiger partial charge in [-0.2, -0.15) is 0 Å². The van der Waals surface area contributed by atoms with Gasteiger partial charge in [0.15, 0.2) is 5.58 Å². The predicted octanol–water partition coefficient (Wildman–Crippen LogP) is 4.20. The Morgan fingerprint density at radius 3 is 2.78 bits per heavy atom. The average molecular weight is 430 g/mol. The number of oxazole rings is 1. The molecule has 1 saturated carbocycles. The molecule has 0 aliphatic heterocycles. The number of nitrogens with zero attached hydrogens (tertiary/aromatic N) is 4. The zero-order valence-electron chi connectivity index (χ0n) is 18.0. The standard InChI is InChI=1S/C23H22N6O3/c1-12(29-31-3)14-6-7-19-18(8-14)27-23(32-19)17-11-26-21(24-2)16-10-25-20(9-15(16)17)28-22(30)13-4-5-13/h6-11,13H,4-5H2,1-3H3,(H,24,26)(H,25,28,30). The van der Waals surface area contributed by atoms with Gasteiger partial charge < -0.3 is 19.9 Å². The van der Waals surface area contributed by atoms with Crippen LogP contribution in [0.1, 0.15) is 25.3 Å². The highest BCUT2D eigenvalue weighted by Gasteiger charge is 2.30. The number of pyridine rings is 2. The van der Waals surface area contributed by atoms with Crippen molar-refractivity contribution in [3.63, 3.8) is 0 Å². The lowest BCUT2D eigenvalue weighted by Gasteiger charge is -2.10. The Balaban J connectivity index is 1.61. The molecule has 9 nitrogen and oxygen atoms in total. The molecule has 0 spiro atoms. The van der Waals surface area contributed by atoms with Crippen molar-refractivity contribution in [2.45, 2.75) is 19.8 Å². The second kappa shape index (κ2) is 7.92. The summed E-state index contributed by atoms with van der Waals surface area (Å²) in [5.41, 5.74) is 3.69. The molecular weight excluding hydrogens is 408 g/mol. The van der Waals surface area contributed by atoms with Gasteiger partial charge in [0.05, 0.1) is 11.3 Å². The van der Waals surface area contributed by atoms with Crippen molar-refractivity contribution in [3.05, 3.63) is 42.2 Å². The molecule has 1 aromatic carbocycles. The molecule has 1 fully saturated rings. The molecule has 1 amide bonds. The summed E-state index contributed by atoms with van der Waals surface area (Å²) >= 11 is 0. The van der Waals surface area contributed by atoms with E-state index in [1.807, 2.05) is 31.2 Å². The van der Waals surface area contributed by atoms with E-state index in [2.05, 4.69) is 30.7 Å². The van der Waals surface area contributed by atoms with Crippen LogP contribution in [0.5, 0.6) is 0 Å². The Morgan fingerprint density at radius 1 is 1.19 bits per heavy atom. The van der Waals surface area contributed by atoms with E-state index in [0.29, 0.717) is 34.2 Å². The molecule has 0 saturated heterocycles. The molecule has 0 unspecified atom stereocenters. The normalized spacial score (nSPS) is 14.0. The molecule has 0 bridgehead atoms. The minimum atomic E-state index is 0.00350. The van der Waals surface area contributed by atoms with Crippen LogP contribution in [0.25, 0.3) is 33.3 Å². The lowest BCUT2D eigenvalue weighted by Crippen LogP contribution is -2.14. The molecule has 0 radical (unpaired) electrons. The first-order chi connectivity index (χ1) is 15.6. The van der Waals surface area contributed by atoms with Crippen molar-refractivity contribution >= 4 is 45.1 Å². The first kappa shape index (κ1) is 19.9. The number of amides is 1. The highest BCUT2D eigenvalue weighted by molar-refractivity contribution is 6.04. The Hall–Kier alpha value is -4.01. The van der Waals surface area contributed by atoms with E-state index in [4.69, 9.17) is 9.25 Å². The number of hydrogen-bond donors (Lipinski definition) is 2. The summed E-state index contributed by atoms with van der Waals surface area (Å²) in [4.78, 5) is 30.7. The van der Waals surface area contributed by atoms with Crippen LogP contribution in [0.15, 0.2) is 46.2 Å². The maximum Gasteiger partial charge on any atom is 0.229 e. The second-order valence-electron chi connectivity index (χ2n) is 7.71. The lowest BCUT2D eigenvalue weighted by molar-refractivity contribution is -0.117. The van der Waals surface area contributed by atoms with Gasteiger partial charge in [0.2, 0.25) is 11.8 Å². The Labute approximate surface area is 183 Å². The fraction of sp³-hybridized carbons (Fsp3) is 0.261. The van der Waals surface area contributed by atoms with Crippen LogP contribution in [0.4, 0.5) is 11.6 Å². The second-order valence-corrected chi connectivity index (χ2v) is 7.71. The molecule has 1 aliphatic rings. The minimum absolute atomic E-state index is 0.00350. The van der Waals surface area contributed by atoms with E-state index in [-0.39, 0.29) is 11.8 Å². The summed E-state index contributed by atoms with van der Waals surface area (Å²) in [6.07, 6.45) is 5.27. The fourth-order valence-corrected chi connectivity index (χ4v) is 3.60. The smallest absolute Gasteiger partial charge is 0.229 e. The van der Waals surface area contributed by atoms with Gasteiger partial charge in [-0.15, -0.1) is 0 Å². The van der Waals surface area contributed by atoms with E-state index in [1.54, 1.807) is 19.4 Å². The number of carbonyl (C=O) groups excluding carboxylic acids is 1. The maximum atomic E-state index is 12.2. The molecule has 32 heavy (non-hydrogen) atoms. The molecule has 0 atom stereocenters. The largest absolute Gasteiger partial charge is 0.436 e. The van der Waals surface area contributed by atoms with E-state index in [9.17, 15) is 4.79 Å². The van der Waals surface area contributed by atoms with Crippen LogP contribution in [-0.2, 0) is 9.63 Å². The number of fused-ring (bicyclic) bond motifs is 2. The highest BCUT2D eigenvalue weighted by atomic mass is 16.6. The van der Waals surface area contributed by atoms with E-state index in [0.717, 1.165) is 34.9 Å².